The quantitative estimate of drug-likeness (QED) is 0.475. The molecule has 2 aromatic rings. The first kappa shape index (κ1) is 19.6. The lowest BCUT2D eigenvalue weighted by atomic mass is 9.97. The number of carbonyl (C=O) groups excluding carboxylic acids is 2. The van der Waals surface area contributed by atoms with Crippen LogP contribution in [0.15, 0.2) is 42.5 Å². The lowest BCUT2D eigenvalue weighted by Gasteiger charge is -2.20. The van der Waals surface area contributed by atoms with Crippen LogP contribution in [0.1, 0.15) is 34.0 Å². The summed E-state index contributed by atoms with van der Waals surface area (Å²) in [5.74, 6) is -0.557. The van der Waals surface area contributed by atoms with E-state index in [-0.39, 0.29) is 11.4 Å². The Morgan fingerprint density at radius 2 is 1.64 bits per heavy atom. The molecule has 8 heteroatoms. The Morgan fingerprint density at radius 1 is 1.04 bits per heavy atom. The Morgan fingerprint density at radius 3 is 2.18 bits per heavy atom. The van der Waals surface area contributed by atoms with E-state index >= 15 is 0 Å². The molecule has 0 aliphatic carbocycles. The van der Waals surface area contributed by atoms with E-state index in [0.29, 0.717) is 28.1 Å². The van der Waals surface area contributed by atoms with Crippen LogP contribution in [0.2, 0.25) is 0 Å². The molecule has 0 atom stereocenters. The summed E-state index contributed by atoms with van der Waals surface area (Å²) in [6.45, 7) is 1.42. The van der Waals surface area contributed by atoms with Crippen molar-refractivity contribution >= 4 is 28.6 Å². The lowest BCUT2D eigenvalue weighted by Crippen LogP contribution is -2.30. The van der Waals surface area contributed by atoms with E-state index in [4.69, 9.17) is 0 Å². The second-order valence-corrected chi connectivity index (χ2v) is 6.60. The third-order valence-electron chi connectivity index (χ3n) is 4.26. The third kappa shape index (κ3) is 3.77. The molecule has 146 valence electrons. The number of hydrazine groups is 1. The normalized spacial score (nSPS) is 15.3. The van der Waals surface area contributed by atoms with Crippen molar-refractivity contribution in [2.45, 2.75) is 13.1 Å². The van der Waals surface area contributed by atoms with E-state index < -0.39 is 17.6 Å². The van der Waals surface area contributed by atoms with E-state index in [1.54, 1.807) is 37.3 Å². The second kappa shape index (κ2) is 7.12. The lowest BCUT2D eigenvalue weighted by molar-refractivity contribution is -0.137. The van der Waals surface area contributed by atoms with Gasteiger partial charge in [0.1, 0.15) is 0 Å². The van der Waals surface area contributed by atoms with Crippen molar-refractivity contribution in [3.63, 3.8) is 0 Å². The molecule has 0 spiro atoms. The molecule has 3 rings (SSSR count). The first-order valence-electron chi connectivity index (χ1n) is 8.40. The SMILES string of the molecule is CC(=O)c1ccc2c(c1)/C(=C(\NN(C)C)c1ccc(C(F)(F)F)cc1)C(=O)N2. The first-order chi connectivity index (χ1) is 13.1. The molecule has 1 heterocycles. The molecule has 0 unspecified atom stereocenters. The summed E-state index contributed by atoms with van der Waals surface area (Å²) < 4.78 is 38.6. The van der Waals surface area contributed by atoms with Crippen molar-refractivity contribution in [1.29, 1.82) is 0 Å². The van der Waals surface area contributed by atoms with Crippen molar-refractivity contribution in [2.75, 3.05) is 19.4 Å². The van der Waals surface area contributed by atoms with Gasteiger partial charge in [0.15, 0.2) is 5.78 Å². The van der Waals surface area contributed by atoms with E-state index in [0.717, 1.165) is 12.1 Å². The predicted octanol–water partition coefficient (Wildman–Crippen LogP) is 3.79. The van der Waals surface area contributed by atoms with E-state index in [1.807, 2.05) is 0 Å². The minimum absolute atomic E-state index is 0.154. The minimum Gasteiger partial charge on any atom is -0.321 e. The molecule has 0 bridgehead atoms. The van der Waals surface area contributed by atoms with Gasteiger partial charge in [-0.2, -0.15) is 13.2 Å². The van der Waals surface area contributed by atoms with Crippen LogP contribution in [-0.4, -0.2) is 30.8 Å². The van der Waals surface area contributed by atoms with E-state index in [1.165, 1.54) is 19.1 Å². The molecule has 1 amide bonds. The van der Waals surface area contributed by atoms with Crippen molar-refractivity contribution in [1.82, 2.24) is 10.4 Å². The number of alkyl halides is 3. The number of hydrogen-bond acceptors (Lipinski definition) is 4. The molecule has 0 saturated heterocycles. The fourth-order valence-electron chi connectivity index (χ4n) is 2.95. The number of carbonyl (C=O) groups is 2. The summed E-state index contributed by atoms with van der Waals surface area (Å²) in [5.41, 5.74) is 4.72. The molecule has 28 heavy (non-hydrogen) atoms. The van der Waals surface area contributed by atoms with Crippen molar-refractivity contribution in [3.05, 3.63) is 64.7 Å². The number of ketones is 1. The zero-order valence-electron chi connectivity index (χ0n) is 15.4. The molecule has 0 aromatic heterocycles. The molecule has 0 radical (unpaired) electrons. The predicted molar refractivity (Wildman–Crippen MR) is 100 cm³/mol. The summed E-state index contributed by atoms with van der Waals surface area (Å²) in [6.07, 6.45) is -4.45. The fourth-order valence-corrected chi connectivity index (χ4v) is 2.95. The smallest absolute Gasteiger partial charge is 0.321 e. The van der Waals surface area contributed by atoms with Gasteiger partial charge in [-0.3, -0.25) is 9.59 Å². The average molecular weight is 389 g/mol. The van der Waals surface area contributed by atoms with Crippen LogP contribution >= 0.6 is 0 Å². The Labute approximate surface area is 159 Å². The highest BCUT2D eigenvalue weighted by atomic mass is 19.4. The van der Waals surface area contributed by atoms with Crippen LogP contribution in [0.3, 0.4) is 0 Å². The maximum atomic E-state index is 12.9. The van der Waals surface area contributed by atoms with Crippen LogP contribution in [0, 0.1) is 0 Å². The van der Waals surface area contributed by atoms with Gasteiger partial charge in [-0.05, 0) is 42.8 Å². The van der Waals surface area contributed by atoms with Crippen LogP contribution in [-0.2, 0) is 11.0 Å². The molecule has 2 aromatic carbocycles. The van der Waals surface area contributed by atoms with Crippen LogP contribution in [0.5, 0.6) is 0 Å². The highest BCUT2D eigenvalue weighted by Gasteiger charge is 2.32. The highest BCUT2D eigenvalue weighted by Crippen LogP contribution is 2.37. The van der Waals surface area contributed by atoms with Gasteiger partial charge in [-0.15, -0.1) is 0 Å². The van der Waals surface area contributed by atoms with E-state index in [2.05, 4.69) is 10.7 Å². The molecular weight excluding hydrogens is 371 g/mol. The van der Waals surface area contributed by atoms with Gasteiger partial charge in [0, 0.05) is 30.9 Å². The number of rotatable bonds is 4. The average Bonchev–Trinajstić information content (AvgIpc) is 2.93. The number of anilines is 1. The Hall–Kier alpha value is -3.13. The summed E-state index contributed by atoms with van der Waals surface area (Å²) in [4.78, 5) is 24.4. The Kier molecular flexibility index (Phi) is 4.99. The van der Waals surface area contributed by atoms with Gasteiger partial charge in [-0.1, -0.05) is 12.1 Å². The number of nitrogens with one attached hydrogen (secondary N) is 2. The largest absolute Gasteiger partial charge is 0.416 e. The highest BCUT2D eigenvalue weighted by molar-refractivity contribution is 6.36. The molecule has 1 aliphatic heterocycles. The molecule has 2 N–H and O–H groups in total. The number of fused-ring (bicyclic) bond motifs is 1. The first-order valence-corrected chi connectivity index (χ1v) is 8.40. The Balaban J connectivity index is 2.19. The molecule has 0 saturated carbocycles. The fraction of sp³-hybridized carbons (Fsp3) is 0.200. The summed E-state index contributed by atoms with van der Waals surface area (Å²) >= 11 is 0. The monoisotopic (exact) mass is 389 g/mol. The van der Waals surface area contributed by atoms with E-state index in [9.17, 15) is 22.8 Å². The number of Topliss-reactive ketones (excluding diaryl/α,β-unsaturated/α-hetero) is 1. The number of benzene rings is 2. The number of hydrogen-bond donors (Lipinski definition) is 2. The molecule has 0 fully saturated rings. The molecule has 5 nitrogen and oxygen atoms in total. The summed E-state index contributed by atoms with van der Waals surface area (Å²) in [5, 5.41) is 4.31. The number of halogens is 3. The molecule has 1 aliphatic rings. The zero-order valence-corrected chi connectivity index (χ0v) is 15.4. The van der Waals surface area contributed by atoms with Crippen molar-refractivity contribution in [3.8, 4) is 0 Å². The Bertz CT molecular complexity index is 977. The minimum atomic E-state index is -4.45. The van der Waals surface area contributed by atoms with Gasteiger partial charge in [-0.25, -0.2) is 5.01 Å². The van der Waals surface area contributed by atoms with Gasteiger partial charge in [0.25, 0.3) is 5.91 Å². The summed E-state index contributed by atoms with van der Waals surface area (Å²) in [7, 11) is 3.40. The topological polar surface area (TPSA) is 61.4 Å². The maximum Gasteiger partial charge on any atom is 0.416 e. The van der Waals surface area contributed by atoms with Crippen molar-refractivity contribution in [2.24, 2.45) is 0 Å². The molecular formula is C20H18F3N3O2. The van der Waals surface area contributed by atoms with Crippen molar-refractivity contribution < 1.29 is 22.8 Å². The summed E-state index contributed by atoms with van der Waals surface area (Å²) in [6, 6.07) is 9.40. The maximum absolute atomic E-state index is 12.9. The van der Waals surface area contributed by atoms with Crippen LogP contribution in [0.4, 0.5) is 18.9 Å². The zero-order chi connectivity index (χ0) is 20.6. The van der Waals surface area contributed by atoms with Gasteiger partial charge >= 0.3 is 6.18 Å². The van der Waals surface area contributed by atoms with Crippen LogP contribution in [0.25, 0.3) is 11.3 Å². The standard InChI is InChI=1S/C20H18F3N3O2/c1-11(27)13-6-9-16-15(10-13)17(19(28)24-16)18(25-26(2)3)12-4-7-14(8-5-12)20(21,22)23/h4-10,25H,1-3H3,(H,24,28)/b18-17+. The van der Waals surface area contributed by atoms with Gasteiger partial charge in [0.2, 0.25) is 0 Å². The van der Waals surface area contributed by atoms with Crippen LogP contribution < -0.4 is 10.7 Å². The van der Waals surface area contributed by atoms with Gasteiger partial charge in [0.05, 0.1) is 16.8 Å². The third-order valence-corrected chi connectivity index (χ3v) is 4.26. The number of amides is 1. The second-order valence-electron chi connectivity index (χ2n) is 6.60. The van der Waals surface area contributed by atoms with Gasteiger partial charge < -0.3 is 10.7 Å². The number of nitrogens with zero attached hydrogens (tertiary/aromatic N) is 1.